The van der Waals surface area contributed by atoms with E-state index in [1.807, 2.05) is 73.6 Å². The summed E-state index contributed by atoms with van der Waals surface area (Å²) in [6.45, 7) is 1.22. The summed E-state index contributed by atoms with van der Waals surface area (Å²) in [6, 6.07) is 19.2. The second-order valence-electron chi connectivity index (χ2n) is 7.85. The van der Waals surface area contributed by atoms with Crippen LogP contribution in [0, 0.1) is 0 Å². The van der Waals surface area contributed by atoms with Crippen LogP contribution in [0.1, 0.15) is 15.9 Å². The van der Waals surface area contributed by atoms with E-state index in [9.17, 15) is 4.79 Å². The average Bonchev–Trinajstić information content (AvgIpc) is 2.86. The number of carbonyl (C=O) groups excluding carboxylic acids is 1. The number of nitrogens with zero attached hydrogens (tertiary/aromatic N) is 1. The van der Waals surface area contributed by atoms with Gasteiger partial charge in [-0.1, -0.05) is 36.4 Å². The predicted molar refractivity (Wildman–Crippen MR) is 135 cm³/mol. The van der Waals surface area contributed by atoms with E-state index < -0.39 is 0 Å². The lowest BCUT2D eigenvalue weighted by atomic mass is 9.99. The highest BCUT2D eigenvalue weighted by Gasteiger charge is 2.16. The molecule has 0 unspecified atom stereocenters. The molecule has 0 heterocycles. The van der Waals surface area contributed by atoms with Crippen LogP contribution in [0.3, 0.4) is 0 Å². The van der Waals surface area contributed by atoms with Gasteiger partial charge in [-0.15, -0.1) is 0 Å². The van der Waals surface area contributed by atoms with Gasteiger partial charge < -0.3 is 23.8 Å². The Morgan fingerprint density at radius 1 is 0.824 bits per heavy atom. The summed E-state index contributed by atoms with van der Waals surface area (Å²) in [4.78, 5) is 15.4. The monoisotopic (exact) mass is 461 g/mol. The number of carbonyl (C=O) groups is 1. The lowest BCUT2D eigenvalue weighted by Gasteiger charge is -2.15. The third-order valence-corrected chi connectivity index (χ3v) is 5.30. The van der Waals surface area contributed by atoms with Crippen LogP contribution in [0.25, 0.3) is 17.2 Å². The third kappa shape index (κ3) is 5.97. The minimum Gasteiger partial charge on any atom is -0.493 e. The zero-order valence-corrected chi connectivity index (χ0v) is 20.3. The van der Waals surface area contributed by atoms with Crippen molar-refractivity contribution in [3.8, 4) is 34.1 Å². The molecule has 0 radical (unpaired) electrons. The molecule has 0 spiro atoms. The van der Waals surface area contributed by atoms with E-state index >= 15 is 0 Å². The maximum absolute atomic E-state index is 13.3. The molecular formula is C28H31NO5. The van der Waals surface area contributed by atoms with Gasteiger partial charge in [-0.05, 0) is 61.6 Å². The summed E-state index contributed by atoms with van der Waals surface area (Å²) in [7, 11) is 8.62. The number of benzene rings is 3. The van der Waals surface area contributed by atoms with E-state index in [0.717, 1.165) is 17.7 Å². The Labute approximate surface area is 201 Å². The molecule has 0 bridgehead atoms. The van der Waals surface area contributed by atoms with E-state index in [4.69, 9.17) is 18.9 Å². The molecule has 0 saturated heterocycles. The van der Waals surface area contributed by atoms with E-state index in [0.29, 0.717) is 40.7 Å². The molecule has 178 valence electrons. The quantitative estimate of drug-likeness (QED) is 0.288. The Kier molecular flexibility index (Phi) is 8.71. The first-order valence-corrected chi connectivity index (χ1v) is 11.0. The molecule has 0 aliphatic heterocycles. The summed E-state index contributed by atoms with van der Waals surface area (Å²) >= 11 is 0. The molecule has 0 aliphatic carbocycles. The molecule has 0 aliphatic rings. The number of likely N-dealkylation sites (N-methyl/N-ethyl adjacent to an activating group) is 1. The molecule has 0 saturated carbocycles. The standard InChI is InChI=1S/C28H31NO5/c1-29(2)17-18-34-25-15-13-22(20-9-7-6-8-10-20)19-23(25)24(30)14-11-21-12-16-26(31-3)28(33-5)27(21)32-4/h6-16,19H,17-18H2,1-5H3/b14-11+. The lowest BCUT2D eigenvalue weighted by Crippen LogP contribution is -2.20. The zero-order valence-electron chi connectivity index (χ0n) is 20.3. The zero-order chi connectivity index (χ0) is 24.5. The van der Waals surface area contributed by atoms with Gasteiger partial charge in [-0.3, -0.25) is 4.79 Å². The Balaban J connectivity index is 1.96. The molecule has 3 rings (SSSR count). The van der Waals surface area contributed by atoms with E-state index in [2.05, 4.69) is 0 Å². The van der Waals surface area contributed by atoms with Gasteiger partial charge >= 0.3 is 0 Å². The van der Waals surface area contributed by atoms with Gasteiger partial charge in [0.15, 0.2) is 17.3 Å². The number of hydrogen-bond acceptors (Lipinski definition) is 6. The normalized spacial score (nSPS) is 11.0. The first-order chi connectivity index (χ1) is 16.5. The van der Waals surface area contributed by atoms with E-state index in [1.54, 1.807) is 33.5 Å². The van der Waals surface area contributed by atoms with E-state index in [1.165, 1.54) is 6.08 Å². The van der Waals surface area contributed by atoms with Gasteiger partial charge in [0.2, 0.25) is 5.75 Å². The van der Waals surface area contributed by atoms with Crippen molar-refractivity contribution in [1.29, 1.82) is 0 Å². The second-order valence-corrected chi connectivity index (χ2v) is 7.85. The van der Waals surface area contributed by atoms with Crippen molar-refractivity contribution in [2.45, 2.75) is 0 Å². The van der Waals surface area contributed by atoms with Crippen molar-refractivity contribution in [3.63, 3.8) is 0 Å². The van der Waals surface area contributed by atoms with Gasteiger partial charge in [0.1, 0.15) is 12.4 Å². The summed E-state index contributed by atoms with van der Waals surface area (Å²) in [6.07, 6.45) is 3.23. The largest absolute Gasteiger partial charge is 0.493 e. The van der Waals surface area contributed by atoms with Gasteiger partial charge in [0.25, 0.3) is 0 Å². The van der Waals surface area contributed by atoms with E-state index in [-0.39, 0.29) is 5.78 Å². The Bertz CT molecular complexity index is 1140. The first-order valence-electron chi connectivity index (χ1n) is 11.0. The average molecular weight is 462 g/mol. The van der Waals surface area contributed by atoms with Crippen molar-refractivity contribution in [3.05, 3.63) is 77.9 Å². The smallest absolute Gasteiger partial charge is 0.203 e. The molecule has 3 aromatic rings. The van der Waals surface area contributed by atoms with Gasteiger partial charge in [0.05, 0.1) is 26.9 Å². The van der Waals surface area contributed by atoms with Crippen LogP contribution < -0.4 is 18.9 Å². The Morgan fingerprint density at radius 2 is 1.53 bits per heavy atom. The minimum absolute atomic E-state index is 0.172. The first kappa shape index (κ1) is 24.9. The molecule has 0 fully saturated rings. The number of hydrogen-bond donors (Lipinski definition) is 0. The highest BCUT2D eigenvalue weighted by Crippen LogP contribution is 2.40. The Hall–Kier alpha value is -3.77. The van der Waals surface area contributed by atoms with Crippen molar-refractivity contribution in [2.24, 2.45) is 0 Å². The van der Waals surface area contributed by atoms with Gasteiger partial charge in [-0.25, -0.2) is 0 Å². The van der Waals surface area contributed by atoms with Crippen molar-refractivity contribution in [2.75, 3.05) is 48.6 Å². The van der Waals surface area contributed by atoms with Crippen LogP contribution in [0.15, 0.2) is 66.7 Å². The SMILES string of the molecule is COc1ccc(/C=C/C(=O)c2cc(-c3ccccc3)ccc2OCCN(C)C)c(OC)c1OC. The van der Waals surface area contributed by atoms with Crippen molar-refractivity contribution >= 4 is 11.9 Å². The second kappa shape index (κ2) is 11.9. The molecule has 0 N–H and O–H groups in total. The maximum atomic E-state index is 13.3. The molecule has 3 aromatic carbocycles. The summed E-state index contributed by atoms with van der Waals surface area (Å²) in [5, 5.41) is 0. The molecular weight excluding hydrogens is 430 g/mol. The number of ketones is 1. The van der Waals surface area contributed by atoms with Gasteiger partial charge in [-0.2, -0.15) is 0 Å². The van der Waals surface area contributed by atoms with Crippen molar-refractivity contribution in [1.82, 2.24) is 4.90 Å². The topological polar surface area (TPSA) is 57.2 Å². The summed E-state index contributed by atoms with van der Waals surface area (Å²) in [5.74, 6) is 1.89. The number of rotatable bonds is 11. The summed E-state index contributed by atoms with van der Waals surface area (Å²) in [5.41, 5.74) is 3.17. The van der Waals surface area contributed by atoms with Crippen LogP contribution >= 0.6 is 0 Å². The minimum atomic E-state index is -0.172. The lowest BCUT2D eigenvalue weighted by molar-refractivity contribution is 0.104. The highest BCUT2D eigenvalue weighted by molar-refractivity contribution is 6.09. The maximum Gasteiger partial charge on any atom is 0.203 e. The summed E-state index contributed by atoms with van der Waals surface area (Å²) < 4.78 is 22.3. The number of methoxy groups -OCH3 is 3. The van der Waals surface area contributed by atoms with Crippen LogP contribution in [0.2, 0.25) is 0 Å². The fourth-order valence-corrected chi connectivity index (χ4v) is 3.51. The van der Waals surface area contributed by atoms with Crippen LogP contribution in [0.4, 0.5) is 0 Å². The van der Waals surface area contributed by atoms with Crippen LogP contribution in [-0.4, -0.2) is 59.3 Å². The Morgan fingerprint density at radius 3 is 2.18 bits per heavy atom. The van der Waals surface area contributed by atoms with Crippen molar-refractivity contribution < 1.29 is 23.7 Å². The van der Waals surface area contributed by atoms with Crippen LogP contribution in [-0.2, 0) is 0 Å². The fraction of sp³-hybridized carbons (Fsp3) is 0.250. The number of allylic oxidation sites excluding steroid dienone is 1. The highest BCUT2D eigenvalue weighted by atomic mass is 16.5. The van der Waals surface area contributed by atoms with Gasteiger partial charge in [0, 0.05) is 12.1 Å². The molecule has 6 heteroatoms. The molecule has 0 atom stereocenters. The molecule has 0 aromatic heterocycles. The molecule has 34 heavy (non-hydrogen) atoms. The molecule has 0 amide bonds. The van der Waals surface area contributed by atoms with Crippen LogP contribution in [0.5, 0.6) is 23.0 Å². The number of ether oxygens (including phenoxy) is 4. The molecule has 6 nitrogen and oxygen atoms in total. The predicted octanol–water partition coefficient (Wildman–Crippen LogP) is 5.22. The fourth-order valence-electron chi connectivity index (χ4n) is 3.51. The third-order valence-electron chi connectivity index (χ3n) is 5.30.